The standard InChI is InChI=1S/C26H25N5O6S2/c32-24-19-14-17(8-4-12-27-26(35)28-16-18-6-2-1-3-7-18)10-11-20(19)29-22(30-24)15-21(25(33)34)31-39(36,37)23-9-5-13-38-23/h1-11,13-14,21,31H,12,15-16H2,(H,33,34)(H2,27,28,35)(H,29,30,32)/b8-4+/t21-/m0/s1. The molecule has 0 aliphatic rings. The molecule has 39 heavy (non-hydrogen) atoms. The van der Waals surface area contributed by atoms with Crippen molar-refractivity contribution in [2.24, 2.45) is 0 Å². The summed E-state index contributed by atoms with van der Waals surface area (Å²) in [5.74, 6) is -1.37. The van der Waals surface area contributed by atoms with Gasteiger partial charge >= 0.3 is 12.0 Å². The van der Waals surface area contributed by atoms with Gasteiger partial charge in [0, 0.05) is 19.5 Å². The van der Waals surface area contributed by atoms with Crippen LogP contribution < -0.4 is 20.9 Å². The lowest BCUT2D eigenvalue weighted by Gasteiger charge is -2.14. The molecule has 5 N–H and O–H groups in total. The normalized spacial score (nSPS) is 12.4. The highest BCUT2D eigenvalue weighted by Gasteiger charge is 2.27. The third kappa shape index (κ3) is 7.60. The molecule has 11 nitrogen and oxygen atoms in total. The largest absolute Gasteiger partial charge is 0.480 e. The van der Waals surface area contributed by atoms with Gasteiger partial charge < -0.3 is 20.7 Å². The predicted octanol–water partition coefficient (Wildman–Crippen LogP) is 2.47. The summed E-state index contributed by atoms with van der Waals surface area (Å²) in [6, 6.07) is 15.5. The van der Waals surface area contributed by atoms with Crippen LogP contribution >= 0.6 is 11.3 Å². The van der Waals surface area contributed by atoms with Gasteiger partial charge in [-0.05, 0) is 34.7 Å². The number of thiophene rings is 1. The third-order valence-corrected chi connectivity index (χ3v) is 8.39. The van der Waals surface area contributed by atoms with Crippen LogP contribution in [0.4, 0.5) is 4.79 Å². The number of sulfonamides is 1. The number of urea groups is 1. The number of aromatic amines is 1. The fourth-order valence-electron chi connectivity index (χ4n) is 3.63. The number of rotatable bonds is 11. The Balaban J connectivity index is 1.38. The number of aliphatic carboxylic acids is 1. The summed E-state index contributed by atoms with van der Waals surface area (Å²) in [6.07, 6.45) is 3.12. The average Bonchev–Trinajstić information content (AvgIpc) is 3.47. The molecule has 0 radical (unpaired) electrons. The maximum Gasteiger partial charge on any atom is 0.322 e. The summed E-state index contributed by atoms with van der Waals surface area (Å²) in [6.45, 7) is 0.677. The van der Waals surface area contributed by atoms with E-state index in [4.69, 9.17) is 0 Å². The molecule has 2 aromatic heterocycles. The Kier molecular flexibility index (Phi) is 8.86. The van der Waals surface area contributed by atoms with Crippen molar-refractivity contribution in [1.29, 1.82) is 0 Å². The Hall–Kier alpha value is -4.33. The molecule has 202 valence electrons. The lowest BCUT2D eigenvalue weighted by atomic mass is 10.1. The molecule has 2 amide bonds. The van der Waals surface area contributed by atoms with Crippen LogP contribution in [0.5, 0.6) is 0 Å². The smallest absolute Gasteiger partial charge is 0.322 e. The number of carboxylic acids is 1. The summed E-state index contributed by atoms with van der Waals surface area (Å²) in [5.41, 5.74) is 1.52. The molecule has 13 heteroatoms. The van der Waals surface area contributed by atoms with Crippen LogP contribution in [0.3, 0.4) is 0 Å². The fourth-order valence-corrected chi connectivity index (χ4v) is 5.83. The first-order valence-corrected chi connectivity index (χ1v) is 14.1. The highest BCUT2D eigenvalue weighted by Crippen LogP contribution is 2.17. The van der Waals surface area contributed by atoms with Gasteiger partial charge in [-0.3, -0.25) is 9.59 Å². The van der Waals surface area contributed by atoms with E-state index < -0.39 is 27.6 Å². The molecule has 0 bridgehead atoms. The van der Waals surface area contributed by atoms with Gasteiger partial charge in [-0.25, -0.2) is 18.2 Å². The van der Waals surface area contributed by atoms with Gasteiger partial charge in [0.25, 0.3) is 15.6 Å². The second kappa shape index (κ2) is 12.5. The Morgan fingerprint density at radius 1 is 1.08 bits per heavy atom. The lowest BCUT2D eigenvalue weighted by molar-refractivity contribution is -0.139. The van der Waals surface area contributed by atoms with Crippen LogP contribution in [0.2, 0.25) is 0 Å². The average molecular weight is 568 g/mol. The summed E-state index contributed by atoms with van der Waals surface area (Å²) in [5, 5.41) is 16.9. The summed E-state index contributed by atoms with van der Waals surface area (Å²) < 4.78 is 27.1. The van der Waals surface area contributed by atoms with Crippen LogP contribution in [0.25, 0.3) is 17.0 Å². The van der Waals surface area contributed by atoms with Crippen molar-refractivity contribution < 1.29 is 23.1 Å². The maximum atomic E-state index is 12.7. The zero-order valence-electron chi connectivity index (χ0n) is 20.5. The maximum absolute atomic E-state index is 12.7. The molecule has 0 fully saturated rings. The van der Waals surface area contributed by atoms with Crippen molar-refractivity contribution in [1.82, 2.24) is 25.3 Å². The molecule has 0 unspecified atom stereocenters. The number of carboxylic acid groups (broad SMARTS) is 1. The molecular weight excluding hydrogens is 542 g/mol. The predicted molar refractivity (Wildman–Crippen MR) is 148 cm³/mol. The monoisotopic (exact) mass is 567 g/mol. The van der Waals surface area contributed by atoms with Gasteiger partial charge in [0.2, 0.25) is 0 Å². The third-order valence-electron chi connectivity index (χ3n) is 5.52. The molecule has 0 saturated heterocycles. The number of carbonyl (C=O) groups is 2. The molecule has 0 aliphatic heterocycles. The molecule has 0 saturated carbocycles. The van der Waals surface area contributed by atoms with E-state index in [9.17, 15) is 27.9 Å². The first-order chi connectivity index (χ1) is 18.7. The van der Waals surface area contributed by atoms with Gasteiger partial charge in [-0.15, -0.1) is 11.3 Å². The van der Waals surface area contributed by atoms with Crippen molar-refractivity contribution in [3.8, 4) is 0 Å². The second-order valence-electron chi connectivity index (χ2n) is 8.39. The zero-order valence-corrected chi connectivity index (χ0v) is 22.1. The van der Waals surface area contributed by atoms with Gasteiger partial charge in [-0.1, -0.05) is 54.6 Å². The Bertz CT molecular complexity index is 1650. The van der Waals surface area contributed by atoms with E-state index in [2.05, 4.69) is 25.3 Å². The SMILES string of the molecule is O=C(NC/C=C/c1ccc2nc(C[C@H](NS(=O)(=O)c3cccs3)C(=O)O)[nH]c(=O)c2c1)NCc1ccccc1. The lowest BCUT2D eigenvalue weighted by Crippen LogP contribution is -2.42. The van der Waals surface area contributed by atoms with E-state index >= 15 is 0 Å². The number of amides is 2. The van der Waals surface area contributed by atoms with Gasteiger partial charge in [0.1, 0.15) is 16.1 Å². The van der Waals surface area contributed by atoms with E-state index in [1.807, 2.05) is 30.3 Å². The van der Waals surface area contributed by atoms with E-state index in [0.29, 0.717) is 17.6 Å². The molecule has 0 spiro atoms. The van der Waals surface area contributed by atoms with Gasteiger partial charge in [0.15, 0.2) is 0 Å². The van der Waals surface area contributed by atoms with Crippen molar-refractivity contribution in [3.05, 3.63) is 99.4 Å². The zero-order chi connectivity index (χ0) is 27.8. The number of hydrogen-bond acceptors (Lipinski definition) is 7. The highest BCUT2D eigenvalue weighted by molar-refractivity contribution is 7.91. The summed E-state index contributed by atoms with van der Waals surface area (Å²) in [7, 11) is -4.04. The first kappa shape index (κ1) is 27.7. The van der Waals surface area contributed by atoms with Crippen LogP contribution in [-0.4, -0.2) is 48.1 Å². The van der Waals surface area contributed by atoms with Crippen LogP contribution in [0.15, 0.2) is 81.1 Å². The Labute approximate surface area is 227 Å². The number of nitrogens with one attached hydrogen (secondary N) is 4. The van der Waals surface area contributed by atoms with E-state index in [1.165, 1.54) is 6.07 Å². The topological polar surface area (TPSA) is 170 Å². The molecule has 0 aliphatic carbocycles. The van der Waals surface area contributed by atoms with Crippen molar-refractivity contribution in [2.45, 2.75) is 23.2 Å². The Morgan fingerprint density at radius 3 is 2.59 bits per heavy atom. The summed E-state index contributed by atoms with van der Waals surface area (Å²) in [4.78, 5) is 43.3. The number of benzene rings is 2. The van der Waals surface area contributed by atoms with E-state index in [1.54, 1.807) is 41.8 Å². The minimum absolute atomic E-state index is 0.0164. The molecule has 2 aromatic carbocycles. The molecule has 4 rings (SSSR count). The Morgan fingerprint density at radius 2 is 1.87 bits per heavy atom. The minimum Gasteiger partial charge on any atom is -0.480 e. The number of fused-ring (bicyclic) bond motifs is 1. The van der Waals surface area contributed by atoms with Crippen molar-refractivity contribution in [2.75, 3.05) is 6.54 Å². The van der Waals surface area contributed by atoms with Crippen LogP contribution in [-0.2, 0) is 27.8 Å². The molecule has 2 heterocycles. The van der Waals surface area contributed by atoms with Gasteiger partial charge in [0.05, 0.1) is 10.9 Å². The fraction of sp³-hybridized carbons (Fsp3) is 0.154. The highest BCUT2D eigenvalue weighted by atomic mass is 32.2. The van der Waals surface area contributed by atoms with Crippen molar-refractivity contribution >= 4 is 50.3 Å². The van der Waals surface area contributed by atoms with E-state index in [0.717, 1.165) is 16.9 Å². The molecular formula is C26H25N5O6S2. The quantitative estimate of drug-likeness (QED) is 0.185. The number of hydrogen-bond donors (Lipinski definition) is 5. The minimum atomic E-state index is -4.04. The second-order valence-corrected chi connectivity index (χ2v) is 11.3. The van der Waals surface area contributed by atoms with Crippen molar-refractivity contribution in [3.63, 3.8) is 0 Å². The number of nitrogens with zero attached hydrogens (tertiary/aromatic N) is 1. The van der Waals surface area contributed by atoms with Gasteiger partial charge in [-0.2, -0.15) is 4.72 Å². The number of H-pyrrole nitrogens is 1. The molecule has 4 aromatic rings. The number of aromatic nitrogens is 2. The van der Waals surface area contributed by atoms with E-state index in [-0.39, 0.29) is 34.4 Å². The number of carbonyl (C=O) groups excluding carboxylic acids is 1. The van der Waals surface area contributed by atoms with Crippen LogP contribution in [0.1, 0.15) is 17.0 Å². The summed E-state index contributed by atoms with van der Waals surface area (Å²) >= 11 is 0.959. The van der Waals surface area contributed by atoms with Crippen LogP contribution in [0, 0.1) is 0 Å². The first-order valence-electron chi connectivity index (χ1n) is 11.7. The molecule has 1 atom stereocenters.